The van der Waals surface area contributed by atoms with Crippen LogP contribution in [0.15, 0.2) is 62.7 Å². The zero-order valence-electron chi connectivity index (χ0n) is 17.2. The highest BCUT2D eigenvalue weighted by Crippen LogP contribution is 2.33. The molecule has 4 aromatic rings. The van der Waals surface area contributed by atoms with Crippen molar-refractivity contribution in [2.75, 3.05) is 20.3 Å². The number of hydrogen-bond acceptors (Lipinski definition) is 7. The van der Waals surface area contributed by atoms with Crippen molar-refractivity contribution >= 4 is 40.0 Å². The van der Waals surface area contributed by atoms with E-state index < -0.39 is 0 Å². The Morgan fingerprint density at radius 2 is 2.03 bits per heavy atom. The Labute approximate surface area is 188 Å². The monoisotopic (exact) mass is 454 g/mol. The van der Waals surface area contributed by atoms with E-state index in [0.29, 0.717) is 36.0 Å². The summed E-state index contributed by atoms with van der Waals surface area (Å²) in [7, 11) is 1.61. The molecule has 2 aromatic heterocycles. The predicted octanol–water partition coefficient (Wildman–Crippen LogP) is 5.31. The van der Waals surface area contributed by atoms with Crippen LogP contribution in [0, 0.1) is 6.92 Å². The maximum atomic E-state index is 12.9. The van der Waals surface area contributed by atoms with Crippen LogP contribution in [-0.4, -0.2) is 31.2 Å². The highest BCUT2D eigenvalue weighted by atomic mass is 32.2. The third-order valence-corrected chi connectivity index (χ3v) is 6.71. The number of carbonyl (C=O) groups excluding carboxylic acids is 1. The van der Waals surface area contributed by atoms with Gasteiger partial charge in [-0.1, -0.05) is 36.0 Å². The molecule has 0 fully saturated rings. The average Bonchev–Trinajstić information content (AvgIpc) is 3.38. The fourth-order valence-electron chi connectivity index (χ4n) is 3.06. The van der Waals surface area contributed by atoms with E-state index >= 15 is 0 Å². The van der Waals surface area contributed by atoms with Gasteiger partial charge in [0.25, 0.3) is 5.91 Å². The Morgan fingerprint density at radius 3 is 2.84 bits per heavy atom. The third kappa shape index (κ3) is 5.21. The summed E-state index contributed by atoms with van der Waals surface area (Å²) in [6.45, 7) is 2.66. The molecule has 0 atom stereocenters. The van der Waals surface area contributed by atoms with Crippen molar-refractivity contribution in [2.24, 2.45) is 0 Å². The number of hydrogen-bond donors (Lipinski definition) is 1. The number of aryl methyl sites for hydroxylation is 1. The maximum absolute atomic E-state index is 12.9. The van der Waals surface area contributed by atoms with Gasteiger partial charge < -0.3 is 19.2 Å². The summed E-state index contributed by atoms with van der Waals surface area (Å²) in [6.07, 6.45) is 0. The van der Waals surface area contributed by atoms with Crippen LogP contribution in [0.5, 0.6) is 11.5 Å². The first-order chi connectivity index (χ1) is 15.1. The van der Waals surface area contributed by atoms with Gasteiger partial charge in [-0.3, -0.25) is 4.79 Å². The molecule has 4 rings (SSSR count). The quantitative estimate of drug-likeness (QED) is 0.273. The summed E-state index contributed by atoms with van der Waals surface area (Å²) in [6, 6.07) is 15.1. The van der Waals surface area contributed by atoms with Crippen molar-refractivity contribution in [3.8, 4) is 11.5 Å². The molecule has 2 heterocycles. The predicted molar refractivity (Wildman–Crippen MR) is 123 cm³/mol. The van der Waals surface area contributed by atoms with Crippen LogP contribution in [0.1, 0.15) is 21.8 Å². The molecule has 6 nitrogen and oxygen atoms in total. The fraction of sp³-hybridized carbons (Fsp3) is 0.217. The van der Waals surface area contributed by atoms with Crippen LogP contribution in [0.3, 0.4) is 0 Å². The molecule has 0 radical (unpaired) electrons. The van der Waals surface area contributed by atoms with Gasteiger partial charge in [-0.25, -0.2) is 4.98 Å². The summed E-state index contributed by atoms with van der Waals surface area (Å²) in [5.74, 6) is 2.10. The number of methoxy groups -OCH3 is 1. The molecule has 0 aliphatic heterocycles. The highest BCUT2D eigenvalue weighted by molar-refractivity contribution is 8.00. The Kier molecular flexibility index (Phi) is 6.79. The minimum absolute atomic E-state index is 0.253. The molecule has 0 spiro atoms. The molecule has 0 aliphatic rings. The number of para-hydroxylation sites is 1. The van der Waals surface area contributed by atoms with E-state index in [1.54, 1.807) is 36.3 Å². The summed E-state index contributed by atoms with van der Waals surface area (Å²) in [5, 5.41) is 5.86. The molecule has 8 heteroatoms. The molecule has 1 N–H and O–H groups in total. The van der Waals surface area contributed by atoms with Gasteiger partial charge in [-0.15, -0.1) is 11.3 Å². The van der Waals surface area contributed by atoms with Crippen LogP contribution >= 0.6 is 23.1 Å². The van der Waals surface area contributed by atoms with Crippen LogP contribution < -0.4 is 14.8 Å². The van der Waals surface area contributed by atoms with Crippen LogP contribution in [0.2, 0.25) is 0 Å². The van der Waals surface area contributed by atoms with Crippen molar-refractivity contribution in [1.82, 2.24) is 10.3 Å². The average molecular weight is 455 g/mol. The lowest BCUT2D eigenvalue weighted by Crippen LogP contribution is -2.28. The van der Waals surface area contributed by atoms with Crippen molar-refractivity contribution in [2.45, 2.75) is 17.0 Å². The first-order valence-electron chi connectivity index (χ1n) is 9.74. The van der Waals surface area contributed by atoms with Gasteiger partial charge in [-0.2, -0.15) is 0 Å². The van der Waals surface area contributed by atoms with Crippen LogP contribution in [0.4, 0.5) is 0 Å². The second-order valence-corrected chi connectivity index (χ2v) is 8.81. The number of thiazole rings is 1. The molecule has 160 valence electrons. The Balaban J connectivity index is 1.41. The van der Waals surface area contributed by atoms with E-state index in [1.807, 2.05) is 54.8 Å². The molecule has 31 heavy (non-hydrogen) atoms. The van der Waals surface area contributed by atoms with Gasteiger partial charge in [0.1, 0.15) is 28.0 Å². The number of nitrogens with zero attached hydrogens (tertiary/aromatic N) is 1. The largest absolute Gasteiger partial charge is 0.497 e. The normalized spacial score (nSPS) is 10.9. The van der Waals surface area contributed by atoms with Crippen molar-refractivity contribution in [3.05, 3.63) is 70.9 Å². The first kappa shape index (κ1) is 21.3. The zero-order valence-corrected chi connectivity index (χ0v) is 18.8. The van der Waals surface area contributed by atoms with Crippen molar-refractivity contribution in [1.29, 1.82) is 0 Å². The molecule has 0 aliphatic carbocycles. The number of thioether (sulfide) groups is 1. The first-order valence-corrected chi connectivity index (χ1v) is 11.6. The number of amides is 1. The summed E-state index contributed by atoms with van der Waals surface area (Å²) >= 11 is 3.21. The molecular weight excluding hydrogens is 432 g/mol. The standard InChI is InChI=1S/C23H22N2O4S2/c1-15-13-30-23(25-15)31-14-19-18-8-3-4-9-20(18)29-21(19)22(26)24-10-11-28-17-7-5-6-16(12-17)27-2/h3-9,12-13H,10-11,14H2,1-2H3,(H,24,26). The topological polar surface area (TPSA) is 73.6 Å². The summed E-state index contributed by atoms with van der Waals surface area (Å²) < 4.78 is 17.8. The number of fused-ring (bicyclic) bond motifs is 1. The maximum Gasteiger partial charge on any atom is 0.287 e. The SMILES string of the molecule is COc1cccc(OCCNC(=O)c2oc3ccccc3c2CSc2nc(C)cs2)c1. The smallest absolute Gasteiger partial charge is 0.287 e. The minimum atomic E-state index is -0.253. The number of rotatable bonds is 9. The minimum Gasteiger partial charge on any atom is -0.497 e. The van der Waals surface area contributed by atoms with E-state index in [1.165, 1.54) is 0 Å². The number of ether oxygens (including phenoxy) is 2. The van der Waals surface area contributed by atoms with Gasteiger partial charge in [0, 0.05) is 33.8 Å². The number of benzene rings is 2. The highest BCUT2D eigenvalue weighted by Gasteiger charge is 2.20. The van der Waals surface area contributed by atoms with Gasteiger partial charge in [0.15, 0.2) is 5.76 Å². The van der Waals surface area contributed by atoms with Gasteiger partial charge in [0.05, 0.1) is 13.7 Å². The lowest BCUT2D eigenvalue weighted by molar-refractivity contribution is 0.0920. The van der Waals surface area contributed by atoms with Crippen LogP contribution in [0.25, 0.3) is 11.0 Å². The van der Waals surface area contributed by atoms with Gasteiger partial charge in [0.2, 0.25) is 0 Å². The van der Waals surface area contributed by atoms with E-state index in [4.69, 9.17) is 13.9 Å². The van der Waals surface area contributed by atoms with E-state index in [9.17, 15) is 4.79 Å². The van der Waals surface area contributed by atoms with Gasteiger partial charge >= 0.3 is 0 Å². The van der Waals surface area contributed by atoms with E-state index in [2.05, 4.69) is 10.3 Å². The van der Waals surface area contributed by atoms with E-state index in [-0.39, 0.29) is 5.91 Å². The van der Waals surface area contributed by atoms with E-state index in [0.717, 1.165) is 26.7 Å². The molecule has 2 aromatic carbocycles. The Morgan fingerprint density at radius 1 is 1.19 bits per heavy atom. The summed E-state index contributed by atoms with van der Waals surface area (Å²) in [4.78, 5) is 17.4. The number of furan rings is 1. The Bertz CT molecular complexity index is 1190. The lowest BCUT2D eigenvalue weighted by atomic mass is 10.1. The lowest BCUT2D eigenvalue weighted by Gasteiger charge is -2.09. The molecule has 0 saturated heterocycles. The Hall–Kier alpha value is -2.97. The van der Waals surface area contributed by atoms with Crippen LogP contribution in [-0.2, 0) is 5.75 Å². The third-order valence-electron chi connectivity index (χ3n) is 4.54. The molecule has 0 unspecified atom stereocenters. The van der Waals surface area contributed by atoms with Crippen molar-refractivity contribution in [3.63, 3.8) is 0 Å². The second-order valence-electron chi connectivity index (χ2n) is 6.73. The molecular formula is C23H22N2O4S2. The number of nitrogens with one attached hydrogen (secondary N) is 1. The summed E-state index contributed by atoms with van der Waals surface area (Å²) in [5.41, 5.74) is 2.57. The van der Waals surface area contributed by atoms with Crippen molar-refractivity contribution < 1.29 is 18.7 Å². The van der Waals surface area contributed by atoms with Gasteiger partial charge in [-0.05, 0) is 25.1 Å². The second kappa shape index (κ2) is 9.89. The number of aromatic nitrogens is 1. The fourth-order valence-corrected chi connectivity index (χ4v) is 4.94. The molecule has 0 saturated carbocycles. The molecule has 1 amide bonds. The zero-order chi connectivity index (χ0) is 21.6. The molecule has 0 bridgehead atoms. The number of carbonyl (C=O) groups is 1.